The Hall–Kier alpha value is -3.72. The van der Waals surface area contributed by atoms with Crippen molar-refractivity contribution in [3.05, 3.63) is 95.8 Å². The third kappa shape index (κ3) is 7.66. The van der Waals surface area contributed by atoms with Gasteiger partial charge in [0.15, 0.2) is 0 Å². The quantitative estimate of drug-likeness (QED) is 0.340. The number of amides is 2. The fraction of sp³-hybridized carbons (Fsp3) is 0.333. The molecule has 9 heteroatoms. The second-order valence-corrected chi connectivity index (χ2v) is 11.4. The number of nitrogens with zero attached hydrogens (tertiary/aromatic N) is 2. The van der Waals surface area contributed by atoms with Gasteiger partial charge >= 0.3 is 0 Å². The highest BCUT2D eigenvalue weighted by molar-refractivity contribution is 7.92. The summed E-state index contributed by atoms with van der Waals surface area (Å²) in [4.78, 5) is 28.7. The molecule has 0 spiro atoms. The van der Waals surface area contributed by atoms with Crippen LogP contribution in [0, 0.1) is 12.7 Å². The summed E-state index contributed by atoms with van der Waals surface area (Å²) in [5.41, 5.74) is 2.00. The number of sulfonamides is 1. The predicted molar refractivity (Wildman–Crippen MR) is 151 cm³/mol. The number of rotatable bonds is 12. The van der Waals surface area contributed by atoms with Gasteiger partial charge in [0.1, 0.15) is 18.4 Å². The number of hydrogen-bond acceptors (Lipinski definition) is 4. The Bertz CT molecular complexity index is 1350. The summed E-state index contributed by atoms with van der Waals surface area (Å²) in [5, 5.41) is 2.95. The summed E-state index contributed by atoms with van der Waals surface area (Å²) in [6.45, 7) is 7.16. The zero-order valence-corrected chi connectivity index (χ0v) is 23.6. The Morgan fingerprint density at radius 2 is 1.51 bits per heavy atom. The minimum Gasteiger partial charge on any atom is -0.352 e. The minimum atomic E-state index is -4.19. The average Bonchev–Trinajstić information content (AvgIpc) is 2.93. The van der Waals surface area contributed by atoms with Crippen LogP contribution in [-0.2, 0) is 26.2 Å². The molecule has 3 aromatic carbocycles. The summed E-state index contributed by atoms with van der Waals surface area (Å²) in [5.74, 6) is -1.38. The number of halogens is 1. The minimum absolute atomic E-state index is 0.00577. The second kappa shape index (κ2) is 13.4. The Labute approximate surface area is 230 Å². The van der Waals surface area contributed by atoms with Crippen LogP contribution in [0.2, 0.25) is 0 Å². The van der Waals surface area contributed by atoms with E-state index in [1.165, 1.54) is 29.2 Å². The molecule has 0 radical (unpaired) electrons. The molecule has 0 aliphatic rings. The third-order valence-corrected chi connectivity index (χ3v) is 8.37. The van der Waals surface area contributed by atoms with E-state index in [-0.39, 0.29) is 29.1 Å². The van der Waals surface area contributed by atoms with Gasteiger partial charge in [0.2, 0.25) is 11.8 Å². The highest BCUT2D eigenvalue weighted by Crippen LogP contribution is 2.25. The van der Waals surface area contributed by atoms with Gasteiger partial charge in [-0.2, -0.15) is 0 Å². The van der Waals surface area contributed by atoms with Crippen molar-refractivity contribution in [1.29, 1.82) is 0 Å². The first kappa shape index (κ1) is 29.8. The molecule has 1 N–H and O–H groups in total. The summed E-state index contributed by atoms with van der Waals surface area (Å²) in [7, 11) is -4.19. The van der Waals surface area contributed by atoms with Crippen LogP contribution < -0.4 is 9.62 Å². The van der Waals surface area contributed by atoms with E-state index in [0.29, 0.717) is 6.42 Å². The third-order valence-electron chi connectivity index (χ3n) is 6.59. The molecular formula is C30H36FN3O4S. The van der Waals surface area contributed by atoms with Gasteiger partial charge in [0, 0.05) is 12.6 Å². The number of carbonyl (C=O) groups excluding carboxylic acids is 2. The molecule has 0 heterocycles. The predicted octanol–water partition coefficient (Wildman–Crippen LogP) is 5.05. The molecule has 39 heavy (non-hydrogen) atoms. The lowest BCUT2D eigenvalue weighted by Gasteiger charge is -2.33. The first-order chi connectivity index (χ1) is 18.6. The molecular weight excluding hydrogens is 517 g/mol. The molecule has 3 rings (SSSR count). The number of aryl methyl sites for hydroxylation is 1. The molecule has 7 nitrogen and oxygen atoms in total. The average molecular weight is 554 g/mol. The van der Waals surface area contributed by atoms with Gasteiger partial charge in [-0.05, 0) is 68.7 Å². The fourth-order valence-electron chi connectivity index (χ4n) is 4.11. The lowest BCUT2D eigenvalue weighted by atomic mass is 10.1. The summed E-state index contributed by atoms with van der Waals surface area (Å²) in [6, 6.07) is 19.4. The fourth-order valence-corrected chi connectivity index (χ4v) is 5.54. The Morgan fingerprint density at radius 3 is 2.08 bits per heavy atom. The molecule has 2 atom stereocenters. The van der Waals surface area contributed by atoms with Gasteiger partial charge in [0.05, 0.1) is 10.6 Å². The van der Waals surface area contributed by atoms with Crippen LogP contribution in [0.5, 0.6) is 0 Å². The van der Waals surface area contributed by atoms with Crippen LogP contribution in [-0.4, -0.2) is 43.8 Å². The van der Waals surface area contributed by atoms with Crippen molar-refractivity contribution in [2.24, 2.45) is 0 Å². The number of carbonyl (C=O) groups is 2. The first-order valence-corrected chi connectivity index (χ1v) is 14.5. The second-order valence-electron chi connectivity index (χ2n) is 9.55. The normalized spacial score (nSPS) is 12.8. The van der Waals surface area contributed by atoms with E-state index in [9.17, 15) is 22.4 Å². The molecule has 3 aromatic rings. The Balaban J connectivity index is 2.03. The standard InChI is InChI=1S/C30H36FN3O4S/c1-5-23(4)32-30(36)28(6-2)33(20-24-14-12-22(3)13-15-24)29(35)21-34(26-18-16-25(31)17-19-26)39(37,38)27-10-8-7-9-11-27/h7-19,23,28H,5-6,20-21H2,1-4H3,(H,32,36)/t23-,28+/m0/s1. The van der Waals surface area contributed by atoms with Gasteiger partial charge in [-0.3, -0.25) is 13.9 Å². The monoisotopic (exact) mass is 553 g/mol. The van der Waals surface area contributed by atoms with Crippen molar-refractivity contribution < 1.29 is 22.4 Å². The van der Waals surface area contributed by atoms with E-state index < -0.39 is 34.3 Å². The largest absolute Gasteiger partial charge is 0.352 e. The smallest absolute Gasteiger partial charge is 0.264 e. The highest BCUT2D eigenvalue weighted by Gasteiger charge is 2.33. The zero-order chi connectivity index (χ0) is 28.6. The molecule has 0 fully saturated rings. The van der Waals surface area contributed by atoms with Crippen molar-refractivity contribution in [2.45, 2.75) is 64.1 Å². The molecule has 0 bridgehead atoms. The van der Waals surface area contributed by atoms with Gasteiger partial charge in [-0.25, -0.2) is 12.8 Å². The summed E-state index contributed by atoms with van der Waals surface area (Å²) in [6.07, 6.45) is 1.06. The highest BCUT2D eigenvalue weighted by atomic mass is 32.2. The van der Waals surface area contributed by atoms with Crippen molar-refractivity contribution in [1.82, 2.24) is 10.2 Å². The van der Waals surface area contributed by atoms with Crippen molar-refractivity contribution >= 4 is 27.5 Å². The number of anilines is 1. The molecule has 0 aliphatic heterocycles. The Morgan fingerprint density at radius 1 is 0.897 bits per heavy atom. The van der Waals surface area contributed by atoms with Crippen LogP contribution in [0.25, 0.3) is 0 Å². The molecule has 0 saturated carbocycles. The van der Waals surface area contributed by atoms with Crippen LogP contribution in [0.4, 0.5) is 10.1 Å². The van der Waals surface area contributed by atoms with Crippen LogP contribution in [0.1, 0.15) is 44.7 Å². The van der Waals surface area contributed by atoms with Crippen molar-refractivity contribution in [2.75, 3.05) is 10.8 Å². The Kier molecular flexibility index (Phi) is 10.2. The molecule has 0 unspecified atom stereocenters. The van der Waals surface area contributed by atoms with Gasteiger partial charge in [-0.1, -0.05) is 61.9 Å². The molecule has 0 saturated heterocycles. The van der Waals surface area contributed by atoms with E-state index >= 15 is 0 Å². The first-order valence-electron chi connectivity index (χ1n) is 13.1. The summed E-state index contributed by atoms with van der Waals surface area (Å²) >= 11 is 0. The van der Waals surface area contributed by atoms with Crippen LogP contribution in [0.15, 0.2) is 83.8 Å². The van der Waals surface area contributed by atoms with Crippen molar-refractivity contribution in [3.8, 4) is 0 Å². The topological polar surface area (TPSA) is 86.8 Å². The van der Waals surface area contributed by atoms with Crippen LogP contribution >= 0.6 is 0 Å². The molecule has 0 aliphatic carbocycles. The number of benzene rings is 3. The van der Waals surface area contributed by atoms with E-state index in [0.717, 1.165) is 34.0 Å². The SMILES string of the molecule is CC[C@H](C(=O)N[C@@H](C)CC)N(Cc1ccc(C)cc1)C(=O)CN(c1ccc(F)cc1)S(=O)(=O)c1ccccc1. The van der Waals surface area contributed by atoms with Gasteiger partial charge in [-0.15, -0.1) is 0 Å². The molecule has 2 amide bonds. The maximum atomic E-state index is 14.0. The van der Waals surface area contributed by atoms with Gasteiger partial charge in [0.25, 0.3) is 10.0 Å². The number of nitrogens with one attached hydrogen (secondary N) is 1. The van der Waals surface area contributed by atoms with Crippen molar-refractivity contribution in [3.63, 3.8) is 0 Å². The van der Waals surface area contributed by atoms with E-state index in [4.69, 9.17) is 0 Å². The van der Waals surface area contributed by atoms with Gasteiger partial charge < -0.3 is 10.2 Å². The lowest BCUT2D eigenvalue weighted by Crippen LogP contribution is -2.53. The summed E-state index contributed by atoms with van der Waals surface area (Å²) < 4.78 is 42.1. The maximum absolute atomic E-state index is 14.0. The van der Waals surface area contributed by atoms with E-state index in [2.05, 4.69) is 5.32 Å². The molecule has 0 aromatic heterocycles. The van der Waals surface area contributed by atoms with Crippen LogP contribution in [0.3, 0.4) is 0 Å². The van der Waals surface area contributed by atoms with E-state index in [1.807, 2.05) is 52.0 Å². The van der Waals surface area contributed by atoms with E-state index in [1.54, 1.807) is 18.2 Å². The maximum Gasteiger partial charge on any atom is 0.264 e. The molecule has 208 valence electrons. The number of hydrogen-bond donors (Lipinski definition) is 1. The lowest BCUT2D eigenvalue weighted by molar-refractivity contribution is -0.140. The zero-order valence-electron chi connectivity index (χ0n) is 22.8.